The fourth-order valence-electron chi connectivity index (χ4n) is 4.52. The lowest BCUT2D eigenvalue weighted by Crippen LogP contribution is -2.57. The second-order valence-electron chi connectivity index (χ2n) is 11.5. The zero-order valence-corrected chi connectivity index (χ0v) is 27.1. The number of azide groups is 1. The summed E-state index contributed by atoms with van der Waals surface area (Å²) in [6, 6.07) is 9.60. The number of carbonyl (C=O) groups excluding carboxylic acids is 3. The number of carbonyl (C=O) groups is 3. The van der Waals surface area contributed by atoms with Crippen LogP contribution in [0.4, 0.5) is 13.2 Å². The average molecular weight is 680 g/mol. The predicted molar refractivity (Wildman–Crippen MR) is 171 cm³/mol. The first kappa shape index (κ1) is 38.8. The van der Waals surface area contributed by atoms with Crippen molar-refractivity contribution in [1.29, 1.82) is 0 Å². The van der Waals surface area contributed by atoms with Crippen LogP contribution in [0.5, 0.6) is 0 Å². The van der Waals surface area contributed by atoms with Gasteiger partial charge in [0.15, 0.2) is 9.84 Å². The summed E-state index contributed by atoms with van der Waals surface area (Å²) in [5, 5.41) is 11.3. The van der Waals surface area contributed by atoms with E-state index in [1.807, 2.05) is 0 Å². The molecule has 0 aliphatic carbocycles. The molecule has 0 aliphatic rings. The Morgan fingerprint density at radius 1 is 0.894 bits per heavy atom. The van der Waals surface area contributed by atoms with Crippen molar-refractivity contribution in [2.24, 2.45) is 16.8 Å². The number of amides is 3. The average Bonchev–Trinajstić information content (AvgIpc) is 2.98. The third-order valence-electron chi connectivity index (χ3n) is 6.77. The predicted octanol–water partition coefficient (Wildman–Crippen LogP) is 3.62. The summed E-state index contributed by atoms with van der Waals surface area (Å²) in [4.78, 5) is 42.5. The smallest absolute Gasteiger partial charge is 0.348 e. The molecular formula is C31H40F3N7O5S. The van der Waals surface area contributed by atoms with Crippen LogP contribution in [0.3, 0.4) is 0 Å². The van der Waals surface area contributed by atoms with Crippen molar-refractivity contribution in [3.8, 4) is 0 Å². The SMILES string of the molecule is CC(C)C[C@H](NC(=O)[C@H](Cc1ccccc1)N=[N+]=[N-])C(=O)N[C@@H](CC(F)(F)F)C(=O)N[C@H](/C=C/S(C)(=O)=O)Cc1ccc(CN)cc1. The second kappa shape index (κ2) is 18.1. The number of nitrogens with zero attached hydrogens (tertiary/aromatic N) is 3. The number of alkyl halides is 3. The van der Waals surface area contributed by atoms with E-state index in [0.717, 1.165) is 23.3 Å². The Hall–Kier alpha value is -4.40. The number of nitrogens with one attached hydrogen (secondary N) is 3. The Morgan fingerprint density at radius 2 is 1.45 bits per heavy atom. The van der Waals surface area contributed by atoms with Crippen molar-refractivity contribution >= 4 is 27.6 Å². The molecule has 0 heterocycles. The van der Waals surface area contributed by atoms with E-state index in [2.05, 4.69) is 26.0 Å². The molecule has 2 aromatic rings. The summed E-state index contributed by atoms with van der Waals surface area (Å²) in [5.41, 5.74) is 16.7. The number of sulfone groups is 1. The Bertz CT molecular complexity index is 1530. The monoisotopic (exact) mass is 679 g/mol. The van der Waals surface area contributed by atoms with Gasteiger partial charge in [-0.25, -0.2) is 8.42 Å². The first-order valence-corrected chi connectivity index (χ1v) is 16.7. The van der Waals surface area contributed by atoms with E-state index in [1.54, 1.807) is 68.4 Å². The Kier molecular flexibility index (Phi) is 14.9. The fraction of sp³-hybridized carbons (Fsp3) is 0.452. The van der Waals surface area contributed by atoms with Crippen LogP contribution in [0.15, 0.2) is 71.2 Å². The third-order valence-corrected chi connectivity index (χ3v) is 7.43. The van der Waals surface area contributed by atoms with Crippen molar-refractivity contribution < 1.29 is 36.0 Å². The van der Waals surface area contributed by atoms with E-state index in [0.29, 0.717) is 11.1 Å². The topological polar surface area (TPSA) is 196 Å². The van der Waals surface area contributed by atoms with Crippen LogP contribution < -0.4 is 21.7 Å². The molecule has 0 aromatic heterocycles. The molecule has 0 bridgehead atoms. The maximum absolute atomic E-state index is 13.6. The second-order valence-corrected chi connectivity index (χ2v) is 13.4. The Morgan fingerprint density at radius 3 is 1.98 bits per heavy atom. The molecule has 4 atom stereocenters. The minimum absolute atomic E-state index is 0.00317. The Labute approximate surface area is 271 Å². The largest absolute Gasteiger partial charge is 0.391 e. The first-order chi connectivity index (χ1) is 22.0. The van der Waals surface area contributed by atoms with Crippen molar-refractivity contribution in [3.05, 3.63) is 93.2 Å². The first-order valence-electron chi connectivity index (χ1n) is 14.7. The van der Waals surface area contributed by atoms with Crippen LogP contribution in [0, 0.1) is 5.92 Å². The van der Waals surface area contributed by atoms with Crippen molar-refractivity contribution in [2.45, 2.75) is 76.4 Å². The Balaban J connectivity index is 2.31. The van der Waals surface area contributed by atoms with Crippen LogP contribution >= 0.6 is 0 Å². The normalized spacial score (nSPS) is 14.5. The molecule has 256 valence electrons. The van der Waals surface area contributed by atoms with Crippen LogP contribution in [-0.4, -0.2) is 62.7 Å². The lowest BCUT2D eigenvalue weighted by molar-refractivity contribution is -0.152. The molecule has 2 aromatic carbocycles. The summed E-state index contributed by atoms with van der Waals surface area (Å²) >= 11 is 0. The summed E-state index contributed by atoms with van der Waals surface area (Å²) in [6.45, 7) is 3.71. The third kappa shape index (κ3) is 15.2. The summed E-state index contributed by atoms with van der Waals surface area (Å²) in [5.74, 6) is -3.32. The van der Waals surface area contributed by atoms with Gasteiger partial charge in [-0.05, 0) is 47.4 Å². The molecule has 0 spiro atoms. The van der Waals surface area contributed by atoms with Crippen LogP contribution in [0.1, 0.15) is 43.4 Å². The lowest BCUT2D eigenvalue weighted by Gasteiger charge is -2.26. The molecule has 3 amide bonds. The van der Waals surface area contributed by atoms with Crippen molar-refractivity contribution in [3.63, 3.8) is 0 Å². The van der Waals surface area contributed by atoms with Crippen molar-refractivity contribution in [2.75, 3.05) is 6.26 Å². The standard InChI is InChI=1S/C31H40F3N7O5S/c1-20(2)15-25(38-29(43)26(40-41-36)17-21-7-5-4-6-8-21)28(42)39-27(18-31(32,33)34)30(44)37-24(13-14-47(3,45)46)16-22-9-11-23(19-35)12-10-22/h4-14,20,24-27H,15-19,35H2,1-3H3,(H,37,44)(H,38,43)(H,39,42)/b14-13+/t24-,25+,26+,27+/m1/s1. The molecule has 16 heteroatoms. The van der Waals surface area contributed by atoms with E-state index < -0.39 is 64.3 Å². The van der Waals surface area contributed by atoms with Gasteiger partial charge in [0.25, 0.3) is 0 Å². The molecule has 0 aliphatic heterocycles. The van der Waals surface area contributed by atoms with Crippen LogP contribution in [0.2, 0.25) is 0 Å². The number of benzene rings is 2. The molecule has 12 nitrogen and oxygen atoms in total. The number of nitrogens with two attached hydrogens (primary N) is 1. The van der Waals surface area contributed by atoms with Gasteiger partial charge in [0.1, 0.15) is 18.1 Å². The zero-order chi connectivity index (χ0) is 35.2. The molecule has 2 rings (SSSR count). The van der Waals surface area contributed by atoms with Crippen molar-refractivity contribution in [1.82, 2.24) is 16.0 Å². The minimum atomic E-state index is -4.88. The molecule has 0 saturated carbocycles. The molecular weight excluding hydrogens is 639 g/mol. The van der Waals surface area contributed by atoms with E-state index in [-0.39, 0.29) is 31.7 Å². The highest BCUT2D eigenvalue weighted by molar-refractivity contribution is 7.93. The van der Waals surface area contributed by atoms with Gasteiger partial charge in [-0.3, -0.25) is 14.4 Å². The highest BCUT2D eigenvalue weighted by Gasteiger charge is 2.38. The summed E-state index contributed by atoms with van der Waals surface area (Å²) in [7, 11) is -3.66. The molecule has 5 N–H and O–H groups in total. The molecule has 0 radical (unpaired) electrons. The summed E-state index contributed by atoms with van der Waals surface area (Å²) < 4.78 is 64.5. The van der Waals surface area contributed by atoms with Gasteiger partial charge in [-0.15, -0.1) is 0 Å². The lowest BCUT2D eigenvalue weighted by atomic mass is 10.0. The maximum Gasteiger partial charge on any atom is 0.391 e. The van der Waals surface area contributed by atoms with E-state index in [1.165, 1.54) is 0 Å². The zero-order valence-electron chi connectivity index (χ0n) is 26.3. The van der Waals surface area contributed by atoms with E-state index in [4.69, 9.17) is 11.3 Å². The quantitative estimate of drug-likeness (QED) is 0.112. The van der Waals surface area contributed by atoms with Crippen LogP contribution in [0.25, 0.3) is 10.4 Å². The highest BCUT2D eigenvalue weighted by Crippen LogP contribution is 2.22. The highest BCUT2D eigenvalue weighted by atomic mass is 32.2. The van der Waals surface area contributed by atoms with Gasteiger partial charge < -0.3 is 21.7 Å². The minimum Gasteiger partial charge on any atom is -0.348 e. The van der Waals surface area contributed by atoms with Gasteiger partial charge in [0.05, 0.1) is 12.5 Å². The molecule has 0 saturated heterocycles. The number of rotatable bonds is 17. The molecule has 0 fully saturated rings. The maximum atomic E-state index is 13.6. The van der Waals surface area contributed by atoms with Gasteiger partial charge in [0.2, 0.25) is 17.7 Å². The van der Waals surface area contributed by atoms with Crippen LogP contribution in [-0.2, 0) is 43.6 Å². The van der Waals surface area contributed by atoms with E-state index in [9.17, 15) is 36.0 Å². The van der Waals surface area contributed by atoms with E-state index >= 15 is 0 Å². The summed E-state index contributed by atoms with van der Waals surface area (Å²) in [6.07, 6.45) is -4.56. The number of halogens is 3. The fourth-order valence-corrected chi connectivity index (χ4v) is 5.00. The molecule has 47 heavy (non-hydrogen) atoms. The molecule has 0 unspecified atom stereocenters. The van der Waals surface area contributed by atoms with Gasteiger partial charge in [-0.2, -0.15) is 13.2 Å². The van der Waals surface area contributed by atoms with Gasteiger partial charge in [0, 0.05) is 23.1 Å². The van der Waals surface area contributed by atoms with Gasteiger partial charge in [-0.1, -0.05) is 79.6 Å². The number of hydrogen-bond donors (Lipinski definition) is 4. The number of hydrogen-bond acceptors (Lipinski definition) is 7. The van der Waals surface area contributed by atoms with Gasteiger partial charge >= 0.3 is 6.18 Å².